The quantitative estimate of drug-likeness (QED) is 0.762. The Hall–Kier alpha value is -2.88. The fraction of sp³-hybridized carbons (Fsp3) is 0.158. The summed E-state index contributed by atoms with van der Waals surface area (Å²) in [6.07, 6.45) is 6.13. The number of allylic oxidation sites excluding steroid dienone is 1. The highest BCUT2D eigenvalue weighted by molar-refractivity contribution is 6.05. The average molecular weight is 305 g/mol. The summed E-state index contributed by atoms with van der Waals surface area (Å²) in [5.41, 5.74) is 3.77. The molecule has 0 spiro atoms. The van der Waals surface area contributed by atoms with Gasteiger partial charge in [-0.05, 0) is 54.7 Å². The third-order valence-corrected chi connectivity index (χ3v) is 4.24. The minimum atomic E-state index is -0.890. The van der Waals surface area contributed by atoms with Gasteiger partial charge in [0.1, 0.15) is 5.76 Å². The molecule has 0 unspecified atom stereocenters. The van der Waals surface area contributed by atoms with Crippen LogP contribution in [0.1, 0.15) is 40.2 Å². The third-order valence-electron chi connectivity index (χ3n) is 4.24. The summed E-state index contributed by atoms with van der Waals surface area (Å²) in [6.45, 7) is 0. The lowest BCUT2D eigenvalue weighted by molar-refractivity contribution is 0.0697. The molecule has 0 radical (unpaired) electrons. The van der Waals surface area contributed by atoms with Crippen LogP contribution in [0.3, 0.4) is 0 Å². The number of furan rings is 1. The van der Waals surface area contributed by atoms with Crippen LogP contribution < -0.4 is 0 Å². The van der Waals surface area contributed by atoms with Crippen molar-refractivity contribution >= 4 is 28.5 Å². The first-order valence-electron chi connectivity index (χ1n) is 7.63. The summed E-state index contributed by atoms with van der Waals surface area (Å²) >= 11 is 0. The fourth-order valence-corrected chi connectivity index (χ4v) is 3.26. The zero-order valence-electron chi connectivity index (χ0n) is 12.5. The molecule has 2 aromatic heterocycles. The van der Waals surface area contributed by atoms with Gasteiger partial charge in [0.05, 0.1) is 23.0 Å². The molecule has 4 heteroatoms. The number of nitrogens with zero attached hydrogens (tertiary/aromatic N) is 1. The van der Waals surface area contributed by atoms with Crippen molar-refractivity contribution in [3.05, 3.63) is 65.2 Å². The van der Waals surface area contributed by atoms with E-state index in [1.165, 1.54) is 0 Å². The van der Waals surface area contributed by atoms with Crippen molar-refractivity contribution in [2.45, 2.75) is 19.3 Å². The standard InChI is InChI=1S/C19H15NO3/c21-19(22)17-14-7-1-2-9-16(14)20-18-12(5-3-8-15(17)18)11-13-6-4-10-23-13/h1-2,4,6-7,9-11H,3,5,8H2,(H,21,22). The molecule has 4 rings (SSSR count). The van der Waals surface area contributed by atoms with E-state index < -0.39 is 5.97 Å². The number of hydrogen-bond acceptors (Lipinski definition) is 3. The molecule has 0 amide bonds. The van der Waals surface area contributed by atoms with Crippen molar-refractivity contribution in [3.8, 4) is 0 Å². The Bertz CT molecular complexity index is 923. The molecule has 0 bridgehead atoms. The van der Waals surface area contributed by atoms with Crippen LogP contribution in [-0.4, -0.2) is 16.1 Å². The molecular formula is C19H15NO3. The number of para-hydroxylation sites is 1. The van der Waals surface area contributed by atoms with Gasteiger partial charge in [-0.1, -0.05) is 18.2 Å². The lowest BCUT2D eigenvalue weighted by atomic mass is 9.86. The van der Waals surface area contributed by atoms with Crippen LogP contribution in [0.4, 0.5) is 0 Å². The molecular weight excluding hydrogens is 290 g/mol. The highest BCUT2D eigenvalue weighted by Gasteiger charge is 2.24. The van der Waals surface area contributed by atoms with E-state index in [1.807, 2.05) is 42.5 Å². The van der Waals surface area contributed by atoms with Gasteiger partial charge in [-0.15, -0.1) is 0 Å². The van der Waals surface area contributed by atoms with E-state index in [4.69, 9.17) is 9.40 Å². The summed E-state index contributed by atoms with van der Waals surface area (Å²) in [6, 6.07) is 11.2. The second-order valence-electron chi connectivity index (χ2n) is 5.67. The van der Waals surface area contributed by atoms with Crippen molar-refractivity contribution in [2.24, 2.45) is 0 Å². The average Bonchev–Trinajstić information content (AvgIpc) is 3.06. The second kappa shape index (κ2) is 5.39. The van der Waals surface area contributed by atoms with Crippen LogP contribution in [0.25, 0.3) is 22.6 Å². The normalized spacial score (nSPS) is 15.7. The monoisotopic (exact) mass is 305 g/mol. The number of carboxylic acid groups (broad SMARTS) is 1. The first kappa shape index (κ1) is 13.8. The van der Waals surface area contributed by atoms with E-state index in [1.54, 1.807) is 6.26 Å². The van der Waals surface area contributed by atoms with Crippen LogP contribution in [-0.2, 0) is 6.42 Å². The van der Waals surface area contributed by atoms with E-state index >= 15 is 0 Å². The maximum Gasteiger partial charge on any atom is 0.336 e. The van der Waals surface area contributed by atoms with E-state index in [0.29, 0.717) is 10.9 Å². The molecule has 0 atom stereocenters. The Kier molecular flexibility index (Phi) is 3.23. The molecule has 4 nitrogen and oxygen atoms in total. The lowest BCUT2D eigenvalue weighted by Crippen LogP contribution is -2.13. The van der Waals surface area contributed by atoms with Gasteiger partial charge < -0.3 is 9.52 Å². The largest absolute Gasteiger partial charge is 0.478 e. The maximum atomic E-state index is 11.8. The van der Waals surface area contributed by atoms with Crippen LogP contribution in [0.15, 0.2) is 47.1 Å². The molecule has 0 aliphatic heterocycles. The van der Waals surface area contributed by atoms with Crippen LogP contribution in [0, 0.1) is 0 Å². The van der Waals surface area contributed by atoms with Crippen molar-refractivity contribution in [2.75, 3.05) is 0 Å². The topological polar surface area (TPSA) is 63.3 Å². The predicted molar refractivity (Wildman–Crippen MR) is 88.2 cm³/mol. The van der Waals surface area contributed by atoms with Gasteiger partial charge in [-0.25, -0.2) is 9.78 Å². The predicted octanol–water partition coefficient (Wildman–Crippen LogP) is 4.40. The van der Waals surface area contributed by atoms with Crippen molar-refractivity contribution < 1.29 is 14.3 Å². The molecule has 0 saturated carbocycles. The Labute approximate surface area is 133 Å². The summed E-state index contributed by atoms with van der Waals surface area (Å²) in [5.74, 6) is -0.126. The number of fused-ring (bicyclic) bond motifs is 2. The highest BCUT2D eigenvalue weighted by atomic mass is 16.4. The van der Waals surface area contributed by atoms with Crippen LogP contribution >= 0.6 is 0 Å². The third kappa shape index (κ3) is 2.32. The number of rotatable bonds is 2. The number of aromatic nitrogens is 1. The molecule has 2 heterocycles. The smallest absolute Gasteiger partial charge is 0.336 e. The molecule has 114 valence electrons. The zero-order chi connectivity index (χ0) is 15.8. The molecule has 1 aromatic carbocycles. The van der Waals surface area contributed by atoms with E-state index in [2.05, 4.69) is 0 Å². The minimum Gasteiger partial charge on any atom is -0.478 e. The zero-order valence-corrected chi connectivity index (χ0v) is 12.5. The SMILES string of the molecule is O=C(O)c1c2c(nc3ccccc13)C(=Cc1ccco1)CCC2. The van der Waals surface area contributed by atoms with Gasteiger partial charge in [0.2, 0.25) is 0 Å². The molecule has 0 fully saturated rings. The molecule has 1 aliphatic rings. The van der Waals surface area contributed by atoms with Crippen LogP contribution in [0.5, 0.6) is 0 Å². The number of pyridine rings is 1. The van der Waals surface area contributed by atoms with Gasteiger partial charge in [-0.3, -0.25) is 0 Å². The Morgan fingerprint density at radius 3 is 2.83 bits per heavy atom. The number of carbonyl (C=O) groups is 1. The first-order chi connectivity index (χ1) is 11.2. The number of hydrogen-bond donors (Lipinski definition) is 1. The molecule has 0 saturated heterocycles. The van der Waals surface area contributed by atoms with E-state index in [9.17, 15) is 9.90 Å². The summed E-state index contributed by atoms with van der Waals surface area (Å²) in [7, 11) is 0. The Morgan fingerprint density at radius 1 is 1.17 bits per heavy atom. The summed E-state index contributed by atoms with van der Waals surface area (Å²) in [5, 5.41) is 10.4. The minimum absolute atomic E-state index is 0.385. The number of benzene rings is 1. The van der Waals surface area contributed by atoms with Gasteiger partial charge in [0.25, 0.3) is 0 Å². The van der Waals surface area contributed by atoms with Crippen molar-refractivity contribution in [1.82, 2.24) is 4.98 Å². The summed E-state index contributed by atoms with van der Waals surface area (Å²) < 4.78 is 5.40. The van der Waals surface area contributed by atoms with Gasteiger partial charge in [-0.2, -0.15) is 0 Å². The molecule has 1 aliphatic carbocycles. The molecule has 3 aromatic rings. The van der Waals surface area contributed by atoms with Crippen molar-refractivity contribution in [3.63, 3.8) is 0 Å². The summed E-state index contributed by atoms with van der Waals surface area (Å²) in [4.78, 5) is 16.6. The Balaban J connectivity index is 2.01. The molecule has 23 heavy (non-hydrogen) atoms. The number of carboxylic acids is 1. The van der Waals surface area contributed by atoms with E-state index in [0.717, 1.165) is 47.4 Å². The number of aromatic carboxylic acids is 1. The highest BCUT2D eigenvalue weighted by Crippen LogP contribution is 2.36. The second-order valence-corrected chi connectivity index (χ2v) is 5.67. The van der Waals surface area contributed by atoms with Crippen molar-refractivity contribution in [1.29, 1.82) is 0 Å². The van der Waals surface area contributed by atoms with Gasteiger partial charge in [0.15, 0.2) is 0 Å². The fourth-order valence-electron chi connectivity index (χ4n) is 3.26. The molecule has 1 N–H and O–H groups in total. The Morgan fingerprint density at radius 2 is 2.04 bits per heavy atom. The van der Waals surface area contributed by atoms with Gasteiger partial charge >= 0.3 is 5.97 Å². The van der Waals surface area contributed by atoms with E-state index in [-0.39, 0.29) is 0 Å². The van der Waals surface area contributed by atoms with Crippen LogP contribution in [0.2, 0.25) is 0 Å². The van der Waals surface area contributed by atoms with Gasteiger partial charge in [0, 0.05) is 5.39 Å². The maximum absolute atomic E-state index is 11.8. The lowest BCUT2D eigenvalue weighted by Gasteiger charge is -2.21. The first-order valence-corrected chi connectivity index (χ1v) is 7.63.